The van der Waals surface area contributed by atoms with Crippen molar-refractivity contribution in [3.63, 3.8) is 0 Å². The minimum absolute atomic E-state index is 0.0338. The second-order valence-electron chi connectivity index (χ2n) is 6.55. The van der Waals surface area contributed by atoms with E-state index in [-0.39, 0.29) is 17.9 Å². The number of nitrogens with zero attached hydrogens (tertiary/aromatic N) is 4. The maximum Gasteiger partial charge on any atom is 0.266 e. The van der Waals surface area contributed by atoms with Crippen molar-refractivity contribution in [1.82, 2.24) is 19.9 Å². The van der Waals surface area contributed by atoms with Gasteiger partial charge in [-0.25, -0.2) is 15.0 Å². The first kappa shape index (κ1) is 18.2. The zero-order chi connectivity index (χ0) is 19.5. The van der Waals surface area contributed by atoms with Crippen LogP contribution in [-0.2, 0) is 0 Å². The van der Waals surface area contributed by atoms with Crippen LogP contribution in [0.3, 0.4) is 0 Å². The van der Waals surface area contributed by atoms with Crippen molar-refractivity contribution < 1.29 is 9.59 Å². The molecule has 3 aromatic rings. The van der Waals surface area contributed by atoms with Gasteiger partial charge in [-0.05, 0) is 44.0 Å². The predicted molar refractivity (Wildman–Crippen MR) is 106 cm³/mol. The highest BCUT2D eigenvalue weighted by Gasteiger charge is 2.32. The fraction of sp³-hybridized carbons (Fsp3) is 0.250. The molecule has 7 nitrogen and oxygen atoms in total. The van der Waals surface area contributed by atoms with Gasteiger partial charge in [0, 0.05) is 23.8 Å². The molecule has 142 valence electrons. The lowest BCUT2D eigenvalue weighted by molar-refractivity contribution is 0.0736. The van der Waals surface area contributed by atoms with Crippen molar-refractivity contribution in [2.24, 2.45) is 0 Å². The molecule has 28 heavy (non-hydrogen) atoms. The van der Waals surface area contributed by atoms with Gasteiger partial charge in [-0.2, -0.15) is 0 Å². The number of carbonyl (C=O) groups excluding carboxylic acids is 2. The van der Waals surface area contributed by atoms with Gasteiger partial charge in [0.25, 0.3) is 11.8 Å². The fourth-order valence-corrected chi connectivity index (χ4v) is 4.38. The maximum atomic E-state index is 13.0. The Morgan fingerprint density at radius 1 is 1.21 bits per heavy atom. The van der Waals surface area contributed by atoms with E-state index in [1.54, 1.807) is 30.6 Å². The van der Waals surface area contributed by atoms with Crippen LogP contribution in [0.25, 0.3) is 0 Å². The molecule has 2 amide bonds. The van der Waals surface area contributed by atoms with E-state index in [4.69, 9.17) is 0 Å². The Kier molecular flexibility index (Phi) is 5.12. The largest absolute Gasteiger partial charge is 0.331 e. The number of carbonyl (C=O) groups is 2. The summed E-state index contributed by atoms with van der Waals surface area (Å²) in [7, 11) is 0. The average Bonchev–Trinajstić information content (AvgIpc) is 3.38. The SMILES string of the molecule is Cc1ncncc1C(=O)N1CCC[C@H]1c1ccc(C(=O)Nc2ccccn2)s1. The molecule has 0 aliphatic carbocycles. The Morgan fingerprint density at radius 2 is 2.11 bits per heavy atom. The molecule has 1 saturated heterocycles. The van der Waals surface area contributed by atoms with Crippen molar-refractivity contribution in [1.29, 1.82) is 0 Å². The summed E-state index contributed by atoms with van der Waals surface area (Å²) < 4.78 is 0. The summed E-state index contributed by atoms with van der Waals surface area (Å²) in [5.41, 5.74) is 1.20. The van der Waals surface area contributed by atoms with E-state index in [2.05, 4.69) is 20.3 Å². The quantitative estimate of drug-likeness (QED) is 0.733. The van der Waals surface area contributed by atoms with E-state index in [1.807, 2.05) is 24.0 Å². The molecule has 0 aromatic carbocycles. The number of hydrogen-bond donors (Lipinski definition) is 1. The number of hydrogen-bond acceptors (Lipinski definition) is 6. The summed E-state index contributed by atoms with van der Waals surface area (Å²) in [6.07, 6.45) is 6.45. The highest BCUT2D eigenvalue weighted by atomic mass is 32.1. The molecular weight excluding hydrogens is 374 g/mol. The monoisotopic (exact) mass is 393 g/mol. The van der Waals surface area contributed by atoms with Gasteiger partial charge in [0.05, 0.1) is 22.2 Å². The molecule has 1 fully saturated rings. The van der Waals surface area contributed by atoms with E-state index in [1.165, 1.54) is 17.7 Å². The minimum Gasteiger partial charge on any atom is -0.331 e. The van der Waals surface area contributed by atoms with Crippen LogP contribution in [0.5, 0.6) is 0 Å². The molecule has 0 spiro atoms. The maximum absolute atomic E-state index is 13.0. The van der Waals surface area contributed by atoms with Gasteiger partial charge in [-0.1, -0.05) is 6.07 Å². The van der Waals surface area contributed by atoms with E-state index in [9.17, 15) is 9.59 Å². The van der Waals surface area contributed by atoms with Gasteiger partial charge < -0.3 is 10.2 Å². The molecule has 0 saturated carbocycles. The lowest BCUT2D eigenvalue weighted by Gasteiger charge is -2.24. The van der Waals surface area contributed by atoms with E-state index < -0.39 is 0 Å². The van der Waals surface area contributed by atoms with E-state index >= 15 is 0 Å². The second-order valence-corrected chi connectivity index (χ2v) is 7.66. The number of nitrogens with one attached hydrogen (secondary N) is 1. The van der Waals surface area contributed by atoms with Crippen LogP contribution in [0.15, 0.2) is 49.1 Å². The van der Waals surface area contributed by atoms with Crippen LogP contribution in [0.4, 0.5) is 5.82 Å². The molecule has 4 rings (SSSR count). The minimum atomic E-state index is -0.196. The third kappa shape index (κ3) is 3.63. The van der Waals surface area contributed by atoms with Crippen LogP contribution < -0.4 is 5.32 Å². The van der Waals surface area contributed by atoms with Gasteiger partial charge in [-0.15, -0.1) is 11.3 Å². The molecule has 1 atom stereocenters. The number of amides is 2. The van der Waals surface area contributed by atoms with Crippen LogP contribution in [0, 0.1) is 6.92 Å². The summed E-state index contributed by atoms with van der Waals surface area (Å²) in [6, 6.07) is 9.06. The molecule has 8 heteroatoms. The Balaban J connectivity index is 1.52. The predicted octanol–water partition coefficient (Wildman–Crippen LogP) is 3.47. The lowest BCUT2D eigenvalue weighted by Crippen LogP contribution is -2.31. The van der Waals surface area contributed by atoms with Crippen LogP contribution in [0.2, 0.25) is 0 Å². The first-order chi connectivity index (χ1) is 13.6. The van der Waals surface area contributed by atoms with Crippen molar-refractivity contribution in [3.8, 4) is 0 Å². The summed E-state index contributed by atoms with van der Waals surface area (Å²) in [6.45, 7) is 2.50. The van der Waals surface area contributed by atoms with Gasteiger partial charge >= 0.3 is 0 Å². The van der Waals surface area contributed by atoms with Crippen LogP contribution >= 0.6 is 11.3 Å². The summed E-state index contributed by atoms with van der Waals surface area (Å²) in [4.78, 5) is 41.2. The van der Waals surface area contributed by atoms with Gasteiger partial charge in [0.2, 0.25) is 0 Å². The molecule has 1 aliphatic rings. The number of pyridine rings is 1. The fourth-order valence-electron chi connectivity index (χ4n) is 3.33. The first-order valence-corrected chi connectivity index (χ1v) is 9.85. The molecule has 1 N–H and O–H groups in total. The Bertz CT molecular complexity index is 1000. The number of aryl methyl sites for hydroxylation is 1. The van der Waals surface area contributed by atoms with E-state index in [0.717, 1.165) is 17.7 Å². The summed E-state index contributed by atoms with van der Waals surface area (Å²) >= 11 is 1.41. The van der Waals surface area contributed by atoms with Gasteiger partial charge in [0.1, 0.15) is 12.1 Å². The van der Waals surface area contributed by atoms with Crippen molar-refractivity contribution in [2.45, 2.75) is 25.8 Å². The second kappa shape index (κ2) is 7.85. The highest BCUT2D eigenvalue weighted by molar-refractivity contribution is 7.14. The number of anilines is 1. The van der Waals surface area contributed by atoms with Crippen molar-refractivity contribution in [2.75, 3.05) is 11.9 Å². The van der Waals surface area contributed by atoms with Crippen molar-refractivity contribution >= 4 is 29.0 Å². The van der Waals surface area contributed by atoms with Gasteiger partial charge in [-0.3, -0.25) is 9.59 Å². The smallest absolute Gasteiger partial charge is 0.266 e. The lowest BCUT2D eigenvalue weighted by atomic mass is 10.1. The van der Waals surface area contributed by atoms with Crippen LogP contribution in [0.1, 0.15) is 49.5 Å². The molecule has 0 bridgehead atoms. The highest BCUT2D eigenvalue weighted by Crippen LogP contribution is 2.37. The summed E-state index contributed by atoms with van der Waals surface area (Å²) in [5.74, 6) is 0.256. The number of likely N-dealkylation sites (tertiary alicyclic amines) is 1. The number of aromatic nitrogens is 3. The molecule has 4 heterocycles. The molecular formula is C20H19N5O2S. The first-order valence-electron chi connectivity index (χ1n) is 9.03. The third-order valence-corrected chi connectivity index (χ3v) is 5.93. The standard InChI is InChI=1S/C20H19N5O2S/c1-13-14(11-21-12-23-13)20(27)25-10-4-5-15(25)16-7-8-17(28-16)19(26)24-18-6-2-3-9-22-18/h2-3,6-9,11-12,15H,4-5,10H2,1H3,(H,22,24,26)/t15-/m0/s1. The summed E-state index contributed by atoms with van der Waals surface area (Å²) in [5, 5.41) is 2.79. The third-order valence-electron chi connectivity index (χ3n) is 4.74. The Labute approximate surface area is 166 Å². The van der Waals surface area contributed by atoms with Crippen LogP contribution in [-0.4, -0.2) is 38.2 Å². The van der Waals surface area contributed by atoms with Gasteiger partial charge in [0.15, 0.2) is 0 Å². The average molecular weight is 393 g/mol. The zero-order valence-corrected chi connectivity index (χ0v) is 16.1. The molecule has 0 radical (unpaired) electrons. The van der Waals surface area contributed by atoms with Crippen molar-refractivity contribution in [3.05, 3.63) is 70.1 Å². The number of thiophene rings is 1. The number of rotatable bonds is 4. The normalized spacial score (nSPS) is 16.2. The topological polar surface area (TPSA) is 88.1 Å². The van der Waals surface area contributed by atoms with E-state index in [0.29, 0.717) is 28.5 Å². The zero-order valence-electron chi connectivity index (χ0n) is 15.3. The molecule has 1 aliphatic heterocycles. The Hall–Kier alpha value is -3.13. The molecule has 0 unspecified atom stereocenters. The Morgan fingerprint density at radius 3 is 2.89 bits per heavy atom. The molecule has 3 aromatic heterocycles.